The largest absolute Gasteiger partial charge is 0.495 e. The first-order chi connectivity index (χ1) is 16.7. The van der Waals surface area contributed by atoms with Gasteiger partial charge in [0.25, 0.3) is 0 Å². The molecule has 0 unspecified atom stereocenters. The molecule has 5 nitrogen and oxygen atoms in total. The molecule has 0 heterocycles. The number of methoxy groups -OCH3 is 1. The van der Waals surface area contributed by atoms with Gasteiger partial charge in [-0.05, 0) is 54.4 Å². The van der Waals surface area contributed by atoms with Crippen molar-refractivity contribution in [2.45, 2.75) is 52.0 Å². The lowest BCUT2D eigenvalue weighted by Gasteiger charge is -2.13. The lowest BCUT2D eigenvalue weighted by Crippen LogP contribution is -2.10. The van der Waals surface area contributed by atoms with Crippen LogP contribution in [0.25, 0.3) is 0 Å². The zero-order valence-electron chi connectivity index (χ0n) is 20.2. The monoisotopic (exact) mass is 461 g/mol. The van der Waals surface area contributed by atoms with E-state index in [-0.39, 0.29) is 0 Å². The maximum absolute atomic E-state index is 12.5. The van der Waals surface area contributed by atoms with E-state index in [1.807, 2.05) is 42.5 Å². The Morgan fingerprint density at radius 1 is 0.824 bits per heavy atom. The Morgan fingerprint density at radius 2 is 1.56 bits per heavy atom. The summed E-state index contributed by atoms with van der Waals surface area (Å²) < 4.78 is 16.8. The van der Waals surface area contributed by atoms with E-state index in [0.717, 1.165) is 30.0 Å². The number of benzene rings is 3. The second kappa shape index (κ2) is 13.9. The molecule has 180 valence electrons. The Bertz CT molecular complexity index is 1000. The fourth-order valence-corrected chi connectivity index (χ4v) is 3.60. The van der Waals surface area contributed by atoms with E-state index in [2.05, 4.69) is 12.2 Å². The maximum Gasteiger partial charge on any atom is 0.343 e. The molecule has 0 aliphatic carbocycles. The summed E-state index contributed by atoms with van der Waals surface area (Å²) in [6.45, 7) is 3.58. The summed E-state index contributed by atoms with van der Waals surface area (Å²) in [6, 6.07) is 22.3. The number of anilines is 1. The molecule has 0 fully saturated rings. The number of hydrogen-bond acceptors (Lipinski definition) is 5. The fraction of sp³-hybridized carbons (Fsp3) is 0.345. The van der Waals surface area contributed by atoms with Gasteiger partial charge < -0.3 is 19.5 Å². The van der Waals surface area contributed by atoms with Crippen molar-refractivity contribution >= 4 is 11.7 Å². The molecule has 0 aliphatic heterocycles. The SMILES string of the molecule is CCCCCCCCOc1ccc(CNc2cc(C(=O)Oc3ccccc3)ccc2OC)cc1. The summed E-state index contributed by atoms with van der Waals surface area (Å²) >= 11 is 0. The molecule has 0 saturated carbocycles. The normalized spacial score (nSPS) is 10.5. The predicted molar refractivity (Wildman–Crippen MR) is 137 cm³/mol. The minimum Gasteiger partial charge on any atom is -0.495 e. The van der Waals surface area contributed by atoms with Crippen LogP contribution >= 0.6 is 0 Å². The summed E-state index contributed by atoms with van der Waals surface area (Å²) in [5, 5.41) is 3.36. The van der Waals surface area contributed by atoms with Crippen LogP contribution in [0.5, 0.6) is 17.2 Å². The minimum atomic E-state index is -0.413. The molecule has 0 aliphatic rings. The van der Waals surface area contributed by atoms with Crippen LogP contribution in [0, 0.1) is 0 Å². The van der Waals surface area contributed by atoms with Crippen LogP contribution in [0.2, 0.25) is 0 Å². The second-order valence-electron chi connectivity index (χ2n) is 8.23. The highest BCUT2D eigenvalue weighted by molar-refractivity contribution is 5.92. The number of carbonyl (C=O) groups is 1. The molecule has 3 aromatic rings. The van der Waals surface area contributed by atoms with E-state index >= 15 is 0 Å². The lowest BCUT2D eigenvalue weighted by molar-refractivity contribution is 0.0735. The summed E-state index contributed by atoms with van der Waals surface area (Å²) in [5.74, 6) is 1.65. The van der Waals surface area contributed by atoms with E-state index in [0.29, 0.717) is 23.6 Å². The van der Waals surface area contributed by atoms with Crippen LogP contribution in [0.15, 0.2) is 72.8 Å². The van der Waals surface area contributed by atoms with Gasteiger partial charge in [-0.15, -0.1) is 0 Å². The van der Waals surface area contributed by atoms with Gasteiger partial charge in [0.2, 0.25) is 0 Å². The number of rotatable bonds is 14. The van der Waals surface area contributed by atoms with Crippen molar-refractivity contribution in [3.8, 4) is 17.2 Å². The second-order valence-corrected chi connectivity index (χ2v) is 8.23. The van der Waals surface area contributed by atoms with Crippen molar-refractivity contribution in [2.75, 3.05) is 19.0 Å². The first-order valence-electron chi connectivity index (χ1n) is 12.1. The van der Waals surface area contributed by atoms with Gasteiger partial charge in [-0.1, -0.05) is 69.4 Å². The Kier molecular flexibility index (Phi) is 10.3. The van der Waals surface area contributed by atoms with Crippen LogP contribution in [-0.4, -0.2) is 19.7 Å². The number of unbranched alkanes of at least 4 members (excludes halogenated alkanes) is 5. The summed E-state index contributed by atoms with van der Waals surface area (Å²) in [6.07, 6.45) is 7.52. The third-order valence-corrected chi connectivity index (χ3v) is 5.56. The lowest BCUT2D eigenvalue weighted by atomic mass is 10.1. The highest BCUT2D eigenvalue weighted by Crippen LogP contribution is 2.27. The quantitative estimate of drug-likeness (QED) is 0.155. The Labute approximate surface area is 203 Å². The average Bonchev–Trinajstić information content (AvgIpc) is 2.88. The van der Waals surface area contributed by atoms with Crippen molar-refractivity contribution in [3.63, 3.8) is 0 Å². The Morgan fingerprint density at radius 3 is 2.29 bits per heavy atom. The number of carbonyl (C=O) groups excluding carboxylic acids is 1. The third kappa shape index (κ3) is 8.14. The van der Waals surface area contributed by atoms with Crippen LogP contribution in [-0.2, 0) is 6.54 Å². The highest BCUT2D eigenvalue weighted by Gasteiger charge is 2.12. The van der Waals surface area contributed by atoms with Gasteiger partial charge in [0.1, 0.15) is 17.2 Å². The van der Waals surface area contributed by atoms with Crippen molar-refractivity contribution in [1.82, 2.24) is 0 Å². The number of esters is 1. The number of ether oxygens (including phenoxy) is 3. The van der Waals surface area contributed by atoms with Gasteiger partial charge in [0, 0.05) is 6.54 Å². The van der Waals surface area contributed by atoms with Crippen LogP contribution in [0.4, 0.5) is 5.69 Å². The molecular formula is C29H35NO4. The van der Waals surface area contributed by atoms with Gasteiger partial charge in [-0.25, -0.2) is 4.79 Å². The van der Waals surface area contributed by atoms with E-state index in [9.17, 15) is 4.79 Å². The van der Waals surface area contributed by atoms with Crippen LogP contribution in [0.1, 0.15) is 61.4 Å². The fourth-order valence-electron chi connectivity index (χ4n) is 3.60. The molecule has 3 rings (SSSR count). The van der Waals surface area contributed by atoms with E-state index in [1.54, 1.807) is 37.4 Å². The summed E-state index contributed by atoms with van der Waals surface area (Å²) in [4.78, 5) is 12.5. The predicted octanol–water partition coefficient (Wildman–Crippen LogP) is 7.27. The van der Waals surface area contributed by atoms with Gasteiger partial charge in [-0.2, -0.15) is 0 Å². The molecule has 0 amide bonds. The van der Waals surface area contributed by atoms with Gasteiger partial charge in [0.05, 0.1) is 25.0 Å². The van der Waals surface area contributed by atoms with Gasteiger partial charge in [0.15, 0.2) is 0 Å². The van der Waals surface area contributed by atoms with Crippen molar-refractivity contribution in [3.05, 3.63) is 83.9 Å². The standard InChI is InChI=1S/C29H35NO4/c1-3-4-5-6-7-11-20-33-25-17-14-23(15-18-25)22-30-27-21-24(16-19-28(27)32-2)29(31)34-26-12-9-8-10-13-26/h8-10,12-19,21,30H,3-7,11,20,22H2,1-2H3. The zero-order chi connectivity index (χ0) is 24.0. The molecule has 0 radical (unpaired) electrons. The molecule has 3 aromatic carbocycles. The zero-order valence-corrected chi connectivity index (χ0v) is 20.2. The van der Waals surface area contributed by atoms with Crippen LogP contribution < -0.4 is 19.5 Å². The van der Waals surface area contributed by atoms with E-state index in [4.69, 9.17) is 14.2 Å². The minimum absolute atomic E-state index is 0.413. The first-order valence-corrected chi connectivity index (χ1v) is 12.1. The van der Waals surface area contributed by atoms with Crippen LogP contribution in [0.3, 0.4) is 0 Å². The van der Waals surface area contributed by atoms with E-state index in [1.165, 1.54) is 32.1 Å². The molecule has 0 spiro atoms. The molecule has 0 bridgehead atoms. The van der Waals surface area contributed by atoms with Gasteiger partial charge >= 0.3 is 5.97 Å². The van der Waals surface area contributed by atoms with Crippen molar-refractivity contribution in [1.29, 1.82) is 0 Å². The topological polar surface area (TPSA) is 56.8 Å². The smallest absolute Gasteiger partial charge is 0.343 e. The average molecular weight is 462 g/mol. The molecule has 0 saturated heterocycles. The number of para-hydroxylation sites is 1. The molecule has 1 N–H and O–H groups in total. The summed E-state index contributed by atoms with van der Waals surface area (Å²) in [7, 11) is 1.61. The Hall–Kier alpha value is -3.47. The molecular weight excluding hydrogens is 426 g/mol. The molecule has 0 aromatic heterocycles. The van der Waals surface area contributed by atoms with Gasteiger partial charge in [-0.3, -0.25) is 0 Å². The highest BCUT2D eigenvalue weighted by atomic mass is 16.5. The molecule has 5 heteroatoms. The molecule has 0 atom stereocenters. The van der Waals surface area contributed by atoms with Crippen molar-refractivity contribution < 1.29 is 19.0 Å². The third-order valence-electron chi connectivity index (χ3n) is 5.56. The first kappa shape index (κ1) is 25.2. The summed E-state index contributed by atoms with van der Waals surface area (Å²) in [5.41, 5.74) is 2.28. The molecule has 34 heavy (non-hydrogen) atoms. The maximum atomic E-state index is 12.5. The number of nitrogens with one attached hydrogen (secondary N) is 1. The van der Waals surface area contributed by atoms with E-state index < -0.39 is 5.97 Å². The number of hydrogen-bond donors (Lipinski definition) is 1. The Balaban J connectivity index is 1.51. The van der Waals surface area contributed by atoms with Crippen molar-refractivity contribution in [2.24, 2.45) is 0 Å².